The maximum Gasteiger partial charge on any atom is 0.363 e. The normalized spacial score (nSPS) is 15.4. The van der Waals surface area contributed by atoms with E-state index < -0.39 is 16.7 Å². The molecule has 0 unspecified atom stereocenters. The van der Waals surface area contributed by atoms with Gasteiger partial charge in [-0.3, -0.25) is 10.1 Å². The van der Waals surface area contributed by atoms with E-state index in [0.29, 0.717) is 0 Å². The van der Waals surface area contributed by atoms with Gasteiger partial charge in [0.15, 0.2) is 5.70 Å². The van der Waals surface area contributed by atoms with E-state index >= 15 is 0 Å². The smallest absolute Gasteiger partial charge is 0.363 e. The summed E-state index contributed by atoms with van der Waals surface area (Å²) >= 11 is 0. The zero-order valence-electron chi connectivity index (χ0n) is 11.6. The van der Waals surface area contributed by atoms with Crippen molar-refractivity contribution in [3.05, 3.63) is 81.3 Å². The van der Waals surface area contributed by atoms with Crippen molar-refractivity contribution in [2.45, 2.75) is 0 Å². The molecule has 7 heteroatoms. The van der Waals surface area contributed by atoms with E-state index in [1.807, 2.05) is 0 Å². The summed E-state index contributed by atoms with van der Waals surface area (Å²) in [6.45, 7) is 0. The molecule has 1 heterocycles. The van der Waals surface area contributed by atoms with Gasteiger partial charge in [-0.25, -0.2) is 14.2 Å². The molecule has 2 aromatic rings. The van der Waals surface area contributed by atoms with Crippen LogP contribution >= 0.6 is 0 Å². The van der Waals surface area contributed by atoms with Crippen LogP contribution in [0.1, 0.15) is 11.1 Å². The van der Waals surface area contributed by atoms with Gasteiger partial charge in [0.2, 0.25) is 5.90 Å². The molecular weight excluding hydrogens is 303 g/mol. The van der Waals surface area contributed by atoms with Crippen LogP contribution in [0.4, 0.5) is 10.1 Å². The van der Waals surface area contributed by atoms with Crippen LogP contribution in [-0.2, 0) is 9.53 Å². The van der Waals surface area contributed by atoms with E-state index in [1.165, 1.54) is 42.5 Å². The van der Waals surface area contributed by atoms with Crippen molar-refractivity contribution >= 4 is 23.6 Å². The van der Waals surface area contributed by atoms with Crippen LogP contribution in [0.15, 0.2) is 59.2 Å². The first-order chi connectivity index (χ1) is 11.1. The van der Waals surface area contributed by atoms with Gasteiger partial charge in [-0.2, -0.15) is 0 Å². The summed E-state index contributed by atoms with van der Waals surface area (Å²) in [6, 6.07) is 11.6. The topological polar surface area (TPSA) is 81.8 Å². The maximum atomic E-state index is 13.7. The number of nitro groups is 1. The molecule has 0 spiro atoms. The lowest BCUT2D eigenvalue weighted by Crippen LogP contribution is -2.07. The van der Waals surface area contributed by atoms with E-state index in [1.54, 1.807) is 12.1 Å². The van der Waals surface area contributed by atoms with Gasteiger partial charge in [-0.1, -0.05) is 24.3 Å². The minimum atomic E-state index is -0.790. The number of hydrogen-bond acceptors (Lipinski definition) is 5. The molecular formula is C16H9FN2O4. The number of aliphatic imine (C=N–C) groups is 1. The molecule has 0 aromatic heterocycles. The first-order valence-electron chi connectivity index (χ1n) is 6.57. The van der Waals surface area contributed by atoms with Crippen molar-refractivity contribution in [3.63, 3.8) is 0 Å². The molecule has 6 nitrogen and oxygen atoms in total. The minimum absolute atomic E-state index is 0.0480. The van der Waals surface area contributed by atoms with Gasteiger partial charge in [0.25, 0.3) is 5.69 Å². The van der Waals surface area contributed by atoms with Crippen molar-refractivity contribution in [2.75, 3.05) is 0 Å². The zero-order chi connectivity index (χ0) is 16.4. The van der Waals surface area contributed by atoms with Crippen molar-refractivity contribution in [2.24, 2.45) is 4.99 Å². The Bertz CT molecular complexity index is 874. The Morgan fingerprint density at radius 2 is 1.83 bits per heavy atom. The number of ether oxygens (including phenoxy) is 1. The number of benzene rings is 2. The summed E-state index contributed by atoms with van der Waals surface area (Å²) in [5, 5.41) is 11.0. The Morgan fingerprint density at radius 1 is 1.13 bits per heavy atom. The SMILES string of the molecule is O=C1OC(c2ccccc2F)=N/C1=C/c1ccccc1[N+](=O)[O-]. The molecule has 0 N–H and O–H groups in total. The standard InChI is InChI=1S/C16H9FN2O4/c17-12-7-3-2-6-11(12)15-18-13(16(20)23-15)9-10-5-1-4-8-14(10)19(21)22/h1-9H/b13-9+. The van der Waals surface area contributed by atoms with Gasteiger partial charge in [0, 0.05) is 6.07 Å². The van der Waals surface area contributed by atoms with E-state index in [0.717, 1.165) is 0 Å². The van der Waals surface area contributed by atoms with E-state index in [4.69, 9.17) is 4.74 Å². The lowest BCUT2D eigenvalue weighted by molar-refractivity contribution is -0.385. The van der Waals surface area contributed by atoms with Gasteiger partial charge >= 0.3 is 5.97 Å². The molecule has 1 aliphatic rings. The van der Waals surface area contributed by atoms with Gasteiger partial charge in [-0.05, 0) is 24.3 Å². The van der Waals surface area contributed by atoms with Crippen LogP contribution in [0.2, 0.25) is 0 Å². The lowest BCUT2D eigenvalue weighted by Gasteiger charge is -1.99. The van der Waals surface area contributed by atoms with Crippen molar-refractivity contribution < 1.29 is 18.8 Å². The number of esters is 1. The number of halogens is 1. The molecule has 0 atom stereocenters. The summed E-state index contributed by atoms with van der Waals surface area (Å²) in [6.07, 6.45) is 1.24. The summed E-state index contributed by atoms with van der Waals surface area (Å²) in [4.78, 5) is 26.2. The van der Waals surface area contributed by atoms with Crippen LogP contribution in [0.25, 0.3) is 6.08 Å². The highest BCUT2D eigenvalue weighted by atomic mass is 19.1. The predicted octanol–water partition coefficient (Wildman–Crippen LogP) is 3.08. The third kappa shape index (κ3) is 2.84. The third-order valence-corrected chi connectivity index (χ3v) is 3.15. The van der Waals surface area contributed by atoms with E-state index in [2.05, 4.69) is 4.99 Å². The highest BCUT2D eigenvalue weighted by Gasteiger charge is 2.26. The van der Waals surface area contributed by atoms with Crippen molar-refractivity contribution in [3.8, 4) is 0 Å². The molecule has 23 heavy (non-hydrogen) atoms. The highest BCUT2D eigenvalue weighted by molar-refractivity contribution is 6.13. The first kappa shape index (κ1) is 14.6. The molecule has 0 aliphatic carbocycles. The molecule has 3 rings (SSSR count). The Morgan fingerprint density at radius 3 is 2.57 bits per heavy atom. The predicted molar refractivity (Wildman–Crippen MR) is 80.1 cm³/mol. The molecule has 0 radical (unpaired) electrons. The second-order valence-corrected chi connectivity index (χ2v) is 4.63. The largest absolute Gasteiger partial charge is 0.402 e. The Hall–Kier alpha value is -3.35. The van der Waals surface area contributed by atoms with Crippen LogP contribution in [0.3, 0.4) is 0 Å². The Balaban J connectivity index is 2.03. The fourth-order valence-electron chi connectivity index (χ4n) is 2.08. The fraction of sp³-hybridized carbons (Fsp3) is 0. The number of para-hydroxylation sites is 1. The van der Waals surface area contributed by atoms with Gasteiger partial charge in [0.05, 0.1) is 16.1 Å². The molecule has 0 amide bonds. The Kier molecular flexibility index (Phi) is 3.68. The van der Waals surface area contributed by atoms with Gasteiger partial charge in [-0.15, -0.1) is 0 Å². The number of rotatable bonds is 3. The zero-order valence-corrected chi connectivity index (χ0v) is 11.6. The lowest BCUT2D eigenvalue weighted by atomic mass is 10.1. The monoisotopic (exact) mass is 312 g/mol. The second-order valence-electron chi connectivity index (χ2n) is 4.63. The third-order valence-electron chi connectivity index (χ3n) is 3.15. The number of carbonyl (C=O) groups excluding carboxylic acids is 1. The van der Waals surface area contributed by atoms with Crippen molar-refractivity contribution in [1.82, 2.24) is 0 Å². The molecule has 0 saturated heterocycles. The average molecular weight is 312 g/mol. The average Bonchev–Trinajstić information content (AvgIpc) is 2.89. The Labute approximate surface area is 129 Å². The van der Waals surface area contributed by atoms with Crippen molar-refractivity contribution in [1.29, 1.82) is 0 Å². The molecule has 0 bridgehead atoms. The van der Waals surface area contributed by atoms with Crippen LogP contribution in [-0.4, -0.2) is 16.8 Å². The maximum absolute atomic E-state index is 13.7. The summed E-state index contributed by atoms with van der Waals surface area (Å²) in [7, 11) is 0. The van der Waals surface area contributed by atoms with Crippen LogP contribution < -0.4 is 0 Å². The molecule has 2 aromatic carbocycles. The summed E-state index contributed by atoms with van der Waals surface area (Å²) < 4.78 is 18.7. The second kappa shape index (κ2) is 5.80. The molecule has 0 fully saturated rings. The quantitative estimate of drug-likeness (QED) is 0.377. The number of cyclic esters (lactones) is 1. The summed E-state index contributed by atoms with van der Waals surface area (Å²) in [5.74, 6) is -1.54. The molecule has 0 saturated carbocycles. The van der Waals surface area contributed by atoms with Crippen LogP contribution in [0.5, 0.6) is 0 Å². The molecule has 1 aliphatic heterocycles. The highest BCUT2D eigenvalue weighted by Crippen LogP contribution is 2.24. The molecule has 114 valence electrons. The van der Waals surface area contributed by atoms with Gasteiger partial charge in [0.1, 0.15) is 5.82 Å². The fourth-order valence-corrected chi connectivity index (χ4v) is 2.08. The number of carbonyl (C=O) groups is 1. The van der Waals surface area contributed by atoms with Gasteiger partial charge < -0.3 is 4.74 Å². The van der Waals surface area contributed by atoms with Crippen LogP contribution in [0, 0.1) is 15.9 Å². The first-order valence-corrected chi connectivity index (χ1v) is 6.57. The number of nitro benzene ring substituents is 1. The van der Waals surface area contributed by atoms with E-state index in [9.17, 15) is 19.3 Å². The minimum Gasteiger partial charge on any atom is -0.402 e. The number of nitrogens with zero attached hydrogens (tertiary/aromatic N) is 2. The number of hydrogen-bond donors (Lipinski definition) is 0. The van der Waals surface area contributed by atoms with E-state index in [-0.39, 0.29) is 28.4 Å². The summed E-state index contributed by atoms with van der Waals surface area (Å²) in [5.41, 5.74) is -0.0327.